The Hall–Kier alpha value is -5.01. The normalized spacial score (nSPS) is 13.6. The number of carbonyl (C=O) groups excluding carboxylic acids is 1. The molecule has 0 N–H and O–H groups in total. The lowest BCUT2D eigenvalue weighted by molar-refractivity contribution is 0.103. The average Bonchev–Trinajstić information content (AvgIpc) is 3.48. The Morgan fingerprint density at radius 3 is 1.62 bits per heavy atom. The number of ketones is 1. The van der Waals surface area contributed by atoms with Crippen LogP contribution in [-0.2, 0) is 5.41 Å². The van der Waals surface area contributed by atoms with E-state index in [1.54, 1.807) is 0 Å². The van der Waals surface area contributed by atoms with E-state index < -0.39 is 5.41 Å². The third-order valence-corrected chi connectivity index (χ3v) is 9.04. The molecule has 1 nitrogen and oxygen atoms in total. The van der Waals surface area contributed by atoms with Crippen LogP contribution in [-0.4, -0.2) is 5.78 Å². The zero-order valence-electron chi connectivity index (χ0n) is 21.1. The van der Waals surface area contributed by atoms with Crippen molar-refractivity contribution in [1.82, 2.24) is 0 Å². The molecule has 2 aliphatic carbocycles. The van der Waals surface area contributed by atoms with Crippen LogP contribution in [0.3, 0.4) is 0 Å². The van der Waals surface area contributed by atoms with Crippen molar-refractivity contribution in [3.8, 4) is 11.1 Å². The first-order valence-corrected chi connectivity index (χ1v) is 13.5. The van der Waals surface area contributed by atoms with Crippen molar-refractivity contribution in [2.45, 2.75) is 12.8 Å². The number of hydrogen-bond donors (Lipinski definition) is 0. The van der Waals surface area contributed by atoms with Gasteiger partial charge in [-0.2, -0.15) is 0 Å². The van der Waals surface area contributed by atoms with Gasteiger partial charge in [0.25, 0.3) is 0 Å². The summed E-state index contributed by atoms with van der Waals surface area (Å²) < 4.78 is 0. The van der Waals surface area contributed by atoms with Gasteiger partial charge in [-0.1, -0.05) is 135 Å². The fourth-order valence-electron chi connectivity index (χ4n) is 7.58. The molecule has 1 spiro atoms. The van der Waals surface area contributed by atoms with Gasteiger partial charge in [0.2, 0.25) is 0 Å². The average molecular weight is 511 g/mol. The van der Waals surface area contributed by atoms with Gasteiger partial charge in [-0.05, 0) is 71.8 Å². The van der Waals surface area contributed by atoms with Gasteiger partial charge < -0.3 is 0 Å². The van der Waals surface area contributed by atoms with Gasteiger partial charge in [0.1, 0.15) is 0 Å². The molecule has 40 heavy (non-hydrogen) atoms. The fourth-order valence-corrected chi connectivity index (χ4v) is 7.58. The molecule has 188 valence electrons. The second-order valence-electron chi connectivity index (χ2n) is 10.8. The molecule has 2 aliphatic rings. The molecule has 0 saturated heterocycles. The Labute approximate surface area is 233 Å². The Bertz CT molecular complexity index is 2100. The first-order chi connectivity index (χ1) is 19.3. The van der Waals surface area contributed by atoms with E-state index in [0.29, 0.717) is 5.56 Å². The number of fused-ring (bicyclic) bond motifs is 10. The summed E-state index contributed by atoms with van der Waals surface area (Å²) in [6, 6.07) is 47.2. The van der Waals surface area contributed by atoms with Gasteiger partial charge in [-0.3, -0.25) is 4.79 Å². The molecule has 0 saturated carbocycles. The van der Waals surface area contributed by atoms with Gasteiger partial charge in [-0.15, -0.1) is 0 Å². The lowest BCUT2D eigenvalue weighted by Gasteiger charge is -2.30. The summed E-state index contributed by atoms with van der Waals surface area (Å²) in [7, 11) is 0. The molecule has 7 aromatic rings. The minimum atomic E-state index is -0.418. The van der Waals surface area contributed by atoms with E-state index in [0.717, 1.165) is 11.1 Å². The standard InChI is InChI=1S/C38H22O.CH4/c39-37(23-10-2-1-3-11-23)24-20-21-32-30(22-24)27-14-6-7-17-31(27)38(32)33-18-8-15-28-25-12-4-5-13-26(25)29-16-9-19-34(38)36(29)35(28)33;/h1-22H;1H4. The van der Waals surface area contributed by atoms with E-state index in [2.05, 4.69) is 97.1 Å². The van der Waals surface area contributed by atoms with E-state index in [4.69, 9.17) is 0 Å². The highest BCUT2D eigenvalue weighted by Gasteiger charge is 2.50. The van der Waals surface area contributed by atoms with Gasteiger partial charge in [0.15, 0.2) is 5.78 Å². The molecule has 0 heterocycles. The highest BCUT2D eigenvalue weighted by Crippen LogP contribution is 2.63. The lowest BCUT2D eigenvalue weighted by atomic mass is 9.70. The molecule has 0 atom stereocenters. The molecule has 0 aliphatic heterocycles. The van der Waals surface area contributed by atoms with Crippen molar-refractivity contribution in [3.05, 3.63) is 167 Å². The van der Waals surface area contributed by atoms with Crippen molar-refractivity contribution >= 4 is 38.1 Å². The molecule has 0 aromatic heterocycles. The minimum Gasteiger partial charge on any atom is -0.289 e. The maximum atomic E-state index is 13.5. The van der Waals surface area contributed by atoms with Crippen LogP contribution >= 0.6 is 0 Å². The lowest BCUT2D eigenvalue weighted by Crippen LogP contribution is -2.26. The zero-order chi connectivity index (χ0) is 25.7. The molecule has 0 bridgehead atoms. The zero-order valence-corrected chi connectivity index (χ0v) is 21.1. The van der Waals surface area contributed by atoms with Crippen molar-refractivity contribution in [2.75, 3.05) is 0 Å². The largest absolute Gasteiger partial charge is 0.289 e. The molecular formula is C39H26O. The highest BCUT2D eigenvalue weighted by atomic mass is 16.1. The summed E-state index contributed by atoms with van der Waals surface area (Å²) in [6.45, 7) is 0. The van der Waals surface area contributed by atoms with Gasteiger partial charge in [-0.25, -0.2) is 0 Å². The maximum Gasteiger partial charge on any atom is 0.193 e. The van der Waals surface area contributed by atoms with Crippen molar-refractivity contribution < 1.29 is 4.79 Å². The second kappa shape index (κ2) is 8.00. The quantitative estimate of drug-likeness (QED) is 0.167. The maximum absolute atomic E-state index is 13.5. The molecule has 0 amide bonds. The molecule has 0 radical (unpaired) electrons. The van der Waals surface area contributed by atoms with Crippen LogP contribution in [0.5, 0.6) is 0 Å². The predicted octanol–water partition coefficient (Wildman–Crippen LogP) is 9.69. The summed E-state index contributed by atoms with van der Waals surface area (Å²) in [4.78, 5) is 13.5. The topological polar surface area (TPSA) is 17.1 Å². The van der Waals surface area contributed by atoms with Crippen LogP contribution < -0.4 is 0 Å². The summed E-state index contributed by atoms with van der Waals surface area (Å²) in [5, 5.41) is 7.92. The molecule has 9 rings (SSSR count). The van der Waals surface area contributed by atoms with Gasteiger partial charge in [0, 0.05) is 11.1 Å². The minimum absolute atomic E-state index is 0. The van der Waals surface area contributed by atoms with Crippen LogP contribution in [0.15, 0.2) is 133 Å². The number of carbonyl (C=O) groups is 1. The number of hydrogen-bond acceptors (Lipinski definition) is 1. The van der Waals surface area contributed by atoms with E-state index in [1.165, 1.54) is 60.1 Å². The Morgan fingerprint density at radius 1 is 0.425 bits per heavy atom. The third-order valence-electron chi connectivity index (χ3n) is 9.04. The van der Waals surface area contributed by atoms with E-state index >= 15 is 0 Å². The van der Waals surface area contributed by atoms with Crippen LogP contribution in [0.4, 0.5) is 0 Å². The van der Waals surface area contributed by atoms with E-state index in [9.17, 15) is 4.79 Å². The molecular weight excluding hydrogens is 484 g/mol. The van der Waals surface area contributed by atoms with Crippen LogP contribution in [0.1, 0.15) is 45.6 Å². The summed E-state index contributed by atoms with van der Waals surface area (Å²) in [6.07, 6.45) is 0. The first kappa shape index (κ1) is 22.9. The first-order valence-electron chi connectivity index (χ1n) is 13.5. The highest BCUT2D eigenvalue weighted by molar-refractivity contribution is 6.30. The monoisotopic (exact) mass is 510 g/mol. The molecule has 0 fully saturated rings. The number of benzene rings is 7. The van der Waals surface area contributed by atoms with Crippen molar-refractivity contribution in [1.29, 1.82) is 0 Å². The Morgan fingerprint density at radius 2 is 0.950 bits per heavy atom. The third kappa shape index (κ3) is 2.60. The summed E-state index contributed by atoms with van der Waals surface area (Å²) >= 11 is 0. The van der Waals surface area contributed by atoms with E-state index in [1.807, 2.05) is 36.4 Å². The summed E-state index contributed by atoms with van der Waals surface area (Å²) in [5.74, 6) is 0.0574. The van der Waals surface area contributed by atoms with E-state index in [-0.39, 0.29) is 13.2 Å². The SMILES string of the molecule is C.O=C(c1ccccc1)c1ccc2c(c1)-c1ccccc1C21c2cccc3c4ccccc4c4cccc1c4c23. The smallest absolute Gasteiger partial charge is 0.193 e. The van der Waals surface area contributed by atoms with Gasteiger partial charge in [0.05, 0.1) is 5.41 Å². The van der Waals surface area contributed by atoms with Crippen LogP contribution in [0.2, 0.25) is 0 Å². The fraction of sp³-hybridized carbons (Fsp3) is 0.0513. The van der Waals surface area contributed by atoms with Crippen LogP contribution in [0, 0.1) is 0 Å². The number of rotatable bonds is 2. The second-order valence-corrected chi connectivity index (χ2v) is 10.8. The van der Waals surface area contributed by atoms with Gasteiger partial charge >= 0.3 is 0 Å². The van der Waals surface area contributed by atoms with Crippen molar-refractivity contribution in [3.63, 3.8) is 0 Å². The van der Waals surface area contributed by atoms with Crippen LogP contribution in [0.25, 0.3) is 43.4 Å². The molecule has 7 aromatic carbocycles. The van der Waals surface area contributed by atoms with Crippen molar-refractivity contribution in [2.24, 2.45) is 0 Å². The Kier molecular flexibility index (Phi) is 4.59. The Balaban J connectivity index is 0.00000245. The molecule has 0 unspecified atom stereocenters. The molecule has 1 heteroatoms. The summed E-state index contributed by atoms with van der Waals surface area (Å²) in [5.41, 5.74) is 8.62. The predicted molar refractivity (Wildman–Crippen MR) is 166 cm³/mol.